The van der Waals surface area contributed by atoms with E-state index in [4.69, 9.17) is 0 Å². The van der Waals surface area contributed by atoms with Crippen molar-refractivity contribution in [3.8, 4) is 5.69 Å². The smallest absolute Gasteiger partial charge is 0.270 e. The minimum atomic E-state index is -0.0621. The molecule has 24 heavy (non-hydrogen) atoms. The highest BCUT2D eigenvalue weighted by Crippen LogP contribution is 2.26. The van der Waals surface area contributed by atoms with Gasteiger partial charge in [-0.1, -0.05) is 32.9 Å². The third-order valence-electron chi connectivity index (χ3n) is 4.08. The maximum atomic E-state index is 12.6. The average Bonchev–Trinajstić information content (AvgIpc) is 2.92. The molecule has 124 valence electrons. The first kappa shape index (κ1) is 16.2. The van der Waals surface area contributed by atoms with Crippen LogP contribution in [0.4, 0.5) is 0 Å². The Hall–Kier alpha value is -2.69. The summed E-state index contributed by atoms with van der Waals surface area (Å²) in [6.07, 6.45) is 3.24. The standard InChI is InChI=1S/C19H22N4O/c1-19(2,3)14-6-8-15(9-7-14)23-16(18(24)22(4)5)10-13-11-20-12-21-17(13)23/h6-12H,1-5H3. The van der Waals surface area contributed by atoms with Gasteiger partial charge in [0, 0.05) is 31.4 Å². The zero-order valence-corrected chi connectivity index (χ0v) is 14.7. The maximum Gasteiger partial charge on any atom is 0.270 e. The Morgan fingerprint density at radius 1 is 1.12 bits per heavy atom. The molecule has 0 saturated carbocycles. The van der Waals surface area contributed by atoms with Gasteiger partial charge in [-0.2, -0.15) is 0 Å². The number of aromatic nitrogens is 3. The summed E-state index contributed by atoms with van der Waals surface area (Å²) in [4.78, 5) is 22.6. The topological polar surface area (TPSA) is 51.0 Å². The number of nitrogens with zero attached hydrogens (tertiary/aromatic N) is 4. The minimum absolute atomic E-state index is 0.0621. The summed E-state index contributed by atoms with van der Waals surface area (Å²) in [6.45, 7) is 6.55. The molecule has 0 radical (unpaired) electrons. The van der Waals surface area contributed by atoms with Crippen LogP contribution in [0, 0.1) is 0 Å². The first-order valence-corrected chi connectivity index (χ1v) is 7.93. The van der Waals surface area contributed by atoms with Gasteiger partial charge in [0.25, 0.3) is 5.91 Å². The van der Waals surface area contributed by atoms with Gasteiger partial charge in [-0.25, -0.2) is 9.97 Å². The van der Waals surface area contributed by atoms with E-state index in [9.17, 15) is 4.79 Å². The van der Waals surface area contributed by atoms with E-state index < -0.39 is 0 Å². The quantitative estimate of drug-likeness (QED) is 0.726. The summed E-state index contributed by atoms with van der Waals surface area (Å²) in [6, 6.07) is 10.1. The molecule has 0 aliphatic rings. The van der Waals surface area contributed by atoms with Crippen molar-refractivity contribution in [2.45, 2.75) is 26.2 Å². The monoisotopic (exact) mass is 322 g/mol. The number of fused-ring (bicyclic) bond motifs is 1. The Balaban J connectivity index is 2.21. The van der Waals surface area contributed by atoms with E-state index >= 15 is 0 Å². The van der Waals surface area contributed by atoms with Crippen molar-refractivity contribution in [1.82, 2.24) is 19.4 Å². The highest BCUT2D eigenvalue weighted by molar-refractivity contribution is 5.98. The predicted molar refractivity (Wildman–Crippen MR) is 95.6 cm³/mol. The van der Waals surface area contributed by atoms with Crippen LogP contribution in [0.25, 0.3) is 16.7 Å². The first-order valence-electron chi connectivity index (χ1n) is 7.93. The van der Waals surface area contributed by atoms with E-state index in [0.717, 1.165) is 16.7 Å². The molecule has 5 nitrogen and oxygen atoms in total. The summed E-state index contributed by atoms with van der Waals surface area (Å²) in [5.41, 5.74) is 3.57. The van der Waals surface area contributed by atoms with Gasteiger partial charge in [-0.15, -0.1) is 0 Å². The van der Waals surface area contributed by atoms with E-state index in [1.807, 2.05) is 22.8 Å². The first-order chi connectivity index (χ1) is 11.3. The van der Waals surface area contributed by atoms with Crippen LogP contribution < -0.4 is 0 Å². The summed E-state index contributed by atoms with van der Waals surface area (Å²) >= 11 is 0. The summed E-state index contributed by atoms with van der Waals surface area (Å²) in [5, 5.41) is 0.850. The van der Waals surface area contributed by atoms with Gasteiger partial charge in [-0.3, -0.25) is 9.36 Å². The molecule has 0 saturated heterocycles. The third-order valence-corrected chi connectivity index (χ3v) is 4.08. The van der Waals surface area contributed by atoms with Crippen LogP contribution in [0.5, 0.6) is 0 Å². The zero-order chi connectivity index (χ0) is 17.5. The van der Waals surface area contributed by atoms with Crippen LogP contribution in [0.1, 0.15) is 36.8 Å². The predicted octanol–water partition coefficient (Wildman–Crippen LogP) is 3.42. The normalized spacial score (nSPS) is 11.7. The molecule has 0 spiro atoms. The third kappa shape index (κ3) is 2.77. The van der Waals surface area contributed by atoms with Crippen molar-refractivity contribution in [2.75, 3.05) is 14.1 Å². The molecule has 2 aromatic heterocycles. The van der Waals surface area contributed by atoms with Gasteiger partial charge >= 0.3 is 0 Å². The number of carbonyl (C=O) groups is 1. The molecule has 2 heterocycles. The van der Waals surface area contributed by atoms with Crippen molar-refractivity contribution in [2.24, 2.45) is 0 Å². The SMILES string of the molecule is CN(C)C(=O)c1cc2cncnc2n1-c1ccc(C(C)(C)C)cc1. The van der Waals surface area contributed by atoms with E-state index in [2.05, 4.69) is 42.9 Å². The van der Waals surface area contributed by atoms with E-state index in [1.54, 1.807) is 25.2 Å². The fraction of sp³-hybridized carbons (Fsp3) is 0.316. The number of rotatable bonds is 2. The van der Waals surface area contributed by atoms with Gasteiger partial charge in [0.05, 0.1) is 0 Å². The van der Waals surface area contributed by atoms with Crippen LogP contribution in [-0.4, -0.2) is 39.4 Å². The summed E-state index contributed by atoms with van der Waals surface area (Å²) < 4.78 is 1.89. The fourth-order valence-electron chi connectivity index (χ4n) is 2.71. The van der Waals surface area contributed by atoms with Gasteiger partial charge in [0.1, 0.15) is 17.7 Å². The molecule has 3 rings (SSSR count). The van der Waals surface area contributed by atoms with E-state index in [1.165, 1.54) is 11.9 Å². The molecular formula is C19H22N4O. The molecule has 1 amide bonds. The fourth-order valence-corrected chi connectivity index (χ4v) is 2.71. The molecule has 0 fully saturated rings. The van der Waals surface area contributed by atoms with Crippen molar-refractivity contribution in [3.05, 3.63) is 54.1 Å². The van der Waals surface area contributed by atoms with E-state index in [-0.39, 0.29) is 11.3 Å². The number of amides is 1. The van der Waals surface area contributed by atoms with Crippen molar-refractivity contribution < 1.29 is 4.79 Å². The van der Waals surface area contributed by atoms with Crippen molar-refractivity contribution in [1.29, 1.82) is 0 Å². The van der Waals surface area contributed by atoms with Crippen LogP contribution >= 0.6 is 0 Å². The molecule has 3 aromatic rings. The van der Waals surface area contributed by atoms with E-state index in [0.29, 0.717) is 5.69 Å². The van der Waals surface area contributed by atoms with Crippen LogP contribution in [0.3, 0.4) is 0 Å². The number of carbonyl (C=O) groups excluding carboxylic acids is 1. The minimum Gasteiger partial charge on any atom is -0.343 e. The second kappa shape index (κ2) is 5.74. The summed E-state index contributed by atoms with van der Waals surface area (Å²) in [7, 11) is 3.50. The largest absolute Gasteiger partial charge is 0.343 e. The molecule has 0 N–H and O–H groups in total. The van der Waals surface area contributed by atoms with Crippen LogP contribution in [-0.2, 0) is 5.41 Å². The lowest BCUT2D eigenvalue weighted by Gasteiger charge is -2.20. The average molecular weight is 322 g/mol. The lowest BCUT2D eigenvalue weighted by Crippen LogP contribution is -2.24. The molecule has 0 atom stereocenters. The zero-order valence-electron chi connectivity index (χ0n) is 14.7. The number of benzene rings is 1. The summed E-state index contributed by atoms with van der Waals surface area (Å²) in [5.74, 6) is -0.0621. The highest BCUT2D eigenvalue weighted by atomic mass is 16.2. The Bertz CT molecular complexity index is 886. The van der Waals surface area contributed by atoms with Gasteiger partial charge in [0.15, 0.2) is 0 Å². The number of hydrogen-bond acceptors (Lipinski definition) is 3. The molecule has 0 unspecified atom stereocenters. The Morgan fingerprint density at radius 2 is 1.79 bits per heavy atom. The lowest BCUT2D eigenvalue weighted by atomic mass is 9.87. The van der Waals surface area contributed by atoms with Crippen molar-refractivity contribution in [3.63, 3.8) is 0 Å². The number of hydrogen-bond donors (Lipinski definition) is 0. The second-order valence-electron chi connectivity index (χ2n) is 7.16. The lowest BCUT2D eigenvalue weighted by molar-refractivity contribution is 0.0820. The van der Waals surface area contributed by atoms with Gasteiger partial charge in [0.2, 0.25) is 0 Å². The molecule has 0 aliphatic heterocycles. The van der Waals surface area contributed by atoms with Gasteiger partial charge < -0.3 is 4.90 Å². The molecule has 0 bridgehead atoms. The maximum absolute atomic E-state index is 12.6. The Labute approximate surface area is 142 Å². The molecule has 0 aliphatic carbocycles. The van der Waals surface area contributed by atoms with Crippen molar-refractivity contribution >= 4 is 16.9 Å². The molecule has 5 heteroatoms. The molecule has 1 aromatic carbocycles. The second-order valence-corrected chi connectivity index (χ2v) is 7.16. The highest BCUT2D eigenvalue weighted by Gasteiger charge is 2.20. The van der Waals surface area contributed by atoms with Gasteiger partial charge in [-0.05, 0) is 29.2 Å². The van der Waals surface area contributed by atoms with Crippen LogP contribution in [0.15, 0.2) is 42.9 Å². The Morgan fingerprint density at radius 3 is 2.38 bits per heavy atom. The Kier molecular flexibility index (Phi) is 3.87. The van der Waals surface area contributed by atoms with Crippen LogP contribution in [0.2, 0.25) is 0 Å². The molecular weight excluding hydrogens is 300 g/mol.